The van der Waals surface area contributed by atoms with E-state index in [0.717, 1.165) is 38.5 Å². The molecular weight excluding hydrogens is 566 g/mol. The van der Waals surface area contributed by atoms with Crippen molar-refractivity contribution >= 4 is 37.1 Å². The second-order valence-corrected chi connectivity index (χ2v) is 11.3. The Morgan fingerprint density at radius 3 is 2.32 bits per heavy atom. The molecule has 1 amide bonds. The maximum absolute atomic E-state index is 12.4. The summed E-state index contributed by atoms with van der Waals surface area (Å²) in [6, 6.07) is 6.13. The summed E-state index contributed by atoms with van der Waals surface area (Å²) in [6.07, 6.45) is 5.98. The standard InChI is InChI=1S/C23H31Cl2NO3.2Na.H3O4P.H2O/c1-23-9-8-18-17-5-3-16(29-22(28)26(12-10-24)13-11-25)14-15(17)2-4-19(18)20(23)6-7-21(23)27;;;1-5(2,3)4;/h3,5,14,18-21,27H,2,4,6-13H2,1H3;;;(H3,1,2,3,4);1H2/q;2*+1;;/p-2/t18-,19-,20+,21+,23+;;;;/m1..../s1. The fourth-order valence-electron chi connectivity index (χ4n) is 6.26. The number of aliphatic hydroxyl groups excluding tert-OH is 1. The number of hydrogen-bond donors (Lipinski definition) is 2. The van der Waals surface area contributed by atoms with Gasteiger partial charge in [0.05, 0.1) is 13.9 Å². The van der Waals surface area contributed by atoms with E-state index < -0.39 is 13.9 Å². The van der Waals surface area contributed by atoms with Crippen LogP contribution in [0.2, 0.25) is 0 Å². The average molecular weight is 600 g/mol. The van der Waals surface area contributed by atoms with E-state index in [-0.39, 0.29) is 76.1 Å². The van der Waals surface area contributed by atoms with Crippen molar-refractivity contribution in [3.8, 4) is 5.75 Å². The number of nitrogens with zero attached hydrogens (tertiary/aromatic N) is 1. The zero-order valence-corrected chi connectivity index (χ0v) is 28.1. The second kappa shape index (κ2) is 16.5. The van der Waals surface area contributed by atoms with E-state index in [1.807, 2.05) is 12.1 Å². The van der Waals surface area contributed by atoms with Crippen molar-refractivity contribution in [2.75, 3.05) is 24.8 Å². The van der Waals surface area contributed by atoms with Gasteiger partial charge in [0.25, 0.3) is 0 Å². The van der Waals surface area contributed by atoms with Crippen molar-refractivity contribution in [2.24, 2.45) is 17.3 Å². The molecule has 1 aromatic carbocycles. The number of hydrogen-bond acceptors (Lipinski definition) is 6. The number of aryl methyl sites for hydroxylation is 1. The van der Waals surface area contributed by atoms with E-state index in [0.29, 0.717) is 48.4 Å². The molecule has 0 aromatic heterocycles. The van der Waals surface area contributed by atoms with Crippen LogP contribution in [0.5, 0.6) is 5.75 Å². The molecule has 0 radical (unpaired) electrons. The zero-order chi connectivity index (χ0) is 25.1. The molecular formula is C23H34Cl2NNa2O8P. The topological polar surface area (TPSA) is 165 Å². The summed E-state index contributed by atoms with van der Waals surface area (Å²) in [4.78, 5) is 38.3. The largest absolute Gasteiger partial charge is 1.00 e. The molecule has 0 saturated heterocycles. The van der Waals surface area contributed by atoms with Gasteiger partial charge >= 0.3 is 65.2 Å². The van der Waals surface area contributed by atoms with E-state index in [4.69, 9.17) is 47.2 Å². The van der Waals surface area contributed by atoms with Crippen LogP contribution in [-0.2, 0) is 11.0 Å². The monoisotopic (exact) mass is 599 g/mol. The number of carbonyl (C=O) groups is 1. The molecule has 14 heteroatoms. The quantitative estimate of drug-likeness (QED) is 0.199. The molecule has 2 fully saturated rings. The predicted molar refractivity (Wildman–Crippen MR) is 130 cm³/mol. The number of phosphoric acid groups is 1. The van der Waals surface area contributed by atoms with Crippen molar-refractivity contribution in [1.29, 1.82) is 0 Å². The minimum Gasteiger partial charge on any atom is -0.790 e. The van der Waals surface area contributed by atoms with Gasteiger partial charge in [-0.05, 0) is 85.0 Å². The van der Waals surface area contributed by atoms with Crippen LogP contribution in [0, 0.1) is 17.3 Å². The van der Waals surface area contributed by atoms with Gasteiger partial charge in [0.15, 0.2) is 0 Å². The van der Waals surface area contributed by atoms with E-state index in [1.54, 1.807) is 4.90 Å². The molecule has 0 heterocycles. The molecule has 3 aliphatic rings. The molecule has 0 bridgehead atoms. The number of benzene rings is 1. The average Bonchev–Trinajstić information content (AvgIpc) is 3.06. The first kappa shape index (κ1) is 38.1. The Morgan fingerprint density at radius 2 is 1.76 bits per heavy atom. The number of aliphatic hydroxyl groups is 1. The smallest absolute Gasteiger partial charge is 0.790 e. The summed E-state index contributed by atoms with van der Waals surface area (Å²) in [5, 5.41) is 10.5. The van der Waals surface area contributed by atoms with Crippen molar-refractivity contribution in [1.82, 2.24) is 4.90 Å². The fourth-order valence-corrected chi connectivity index (χ4v) is 6.67. The maximum atomic E-state index is 12.4. The minimum absolute atomic E-state index is 0. The van der Waals surface area contributed by atoms with Crippen molar-refractivity contribution in [3.63, 3.8) is 0 Å². The number of carbonyl (C=O) groups excluding carboxylic acids is 1. The van der Waals surface area contributed by atoms with Crippen LogP contribution in [0.25, 0.3) is 0 Å². The van der Waals surface area contributed by atoms with Crippen LogP contribution in [-0.4, -0.2) is 57.4 Å². The predicted octanol–water partition coefficient (Wildman–Crippen LogP) is -3.83. The fraction of sp³-hybridized carbons (Fsp3) is 0.696. The molecule has 200 valence electrons. The van der Waals surface area contributed by atoms with Crippen LogP contribution >= 0.6 is 31.0 Å². The van der Waals surface area contributed by atoms with Gasteiger partial charge in [-0.1, -0.05) is 13.0 Å². The Balaban J connectivity index is 0.00000148. The molecule has 2 saturated carbocycles. The van der Waals surface area contributed by atoms with Crippen LogP contribution in [0.15, 0.2) is 18.2 Å². The Kier molecular flexibility index (Phi) is 17.0. The maximum Gasteiger partial charge on any atom is 1.00 e. The normalized spacial score (nSPS) is 27.3. The molecule has 4 N–H and O–H groups in total. The molecule has 5 atom stereocenters. The number of halogens is 2. The van der Waals surface area contributed by atoms with Crippen molar-refractivity contribution < 1.29 is 98.5 Å². The van der Waals surface area contributed by atoms with Crippen LogP contribution in [0.1, 0.15) is 56.1 Å². The van der Waals surface area contributed by atoms with E-state index >= 15 is 0 Å². The van der Waals surface area contributed by atoms with Gasteiger partial charge in [-0.25, -0.2) is 4.79 Å². The number of ether oxygens (including phenoxy) is 1. The SMILES string of the molecule is C[C@]12CC[C@@H]3c4ccc(OC(=O)N(CCCl)CCCl)cc4CC[C@H]3[C@@H]1CC[C@@H]2O.O.O=P([O-])([O-])O.[Na+].[Na+]. The summed E-state index contributed by atoms with van der Waals surface area (Å²) < 4.78 is 14.3. The Morgan fingerprint density at radius 1 is 1.16 bits per heavy atom. The van der Waals surface area contributed by atoms with E-state index in [9.17, 15) is 9.90 Å². The third-order valence-corrected chi connectivity index (χ3v) is 8.16. The Bertz CT molecular complexity index is 912. The Hall–Kier alpha value is 1.10. The molecule has 4 rings (SSSR count). The van der Waals surface area contributed by atoms with Gasteiger partial charge in [-0.2, -0.15) is 0 Å². The number of fused-ring (bicyclic) bond motifs is 5. The summed E-state index contributed by atoms with van der Waals surface area (Å²) >= 11 is 11.6. The first-order valence-corrected chi connectivity index (χ1v) is 14.2. The van der Waals surface area contributed by atoms with Gasteiger partial charge in [0, 0.05) is 24.8 Å². The second-order valence-electron chi connectivity index (χ2n) is 9.62. The van der Waals surface area contributed by atoms with Gasteiger partial charge in [-0.15, -0.1) is 23.2 Å². The molecule has 0 unspecified atom stereocenters. The molecule has 3 aliphatic carbocycles. The summed E-state index contributed by atoms with van der Waals surface area (Å²) in [5.74, 6) is 3.16. The third-order valence-electron chi connectivity index (χ3n) is 7.82. The Labute approximate surface area is 272 Å². The zero-order valence-electron chi connectivity index (χ0n) is 21.7. The minimum atomic E-state index is -5.14. The van der Waals surface area contributed by atoms with Crippen LogP contribution in [0.3, 0.4) is 0 Å². The molecule has 0 spiro atoms. The van der Waals surface area contributed by atoms with Crippen LogP contribution < -0.4 is 73.6 Å². The summed E-state index contributed by atoms with van der Waals surface area (Å²) in [6.45, 7) is 3.15. The molecule has 1 aromatic rings. The molecule has 37 heavy (non-hydrogen) atoms. The van der Waals surface area contributed by atoms with Crippen molar-refractivity contribution in [2.45, 2.75) is 57.5 Å². The van der Waals surface area contributed by atoms with Gasteiger partial charge < -0.3 is 39.5 Å². The number of alkyl halides is 2. The van der Waals surface area contributed by atoms with Crippen LogP contribution in [0.4, 0.5) is 4.79 Å². The first-order valence-electron chi connectivity index (χ1n) is 11.6. The van der Waals surface area contributed by atoms with Gasteiger partial charge in [0.1, 0.15) is 5.75 Å². The molecule has 9 nitrogen and oxygen atoms in total. The first-order chi connectivity index (χ1) is 16.0. The van der Waals surface area contributed by atoms with Gasteiger partial charge in [0.2, 0.25) is 0 Å². The van der Waals surface area contributed by atoms with E-state index in [1.165, 1.54) is 11.1 Å². The molecule has 0 aliphatic heterocycles. The van der Waals surface area contributed by atoms with Gasteiger partial charge in [-0.3, -0.25) is 0 Å². The number of amides is 1. The number of rotatable bonds is 5. The summed E-state index contributed by atoms with van der Waals surface area (Å²) in [7, 11) is -5.14. The summed E-state index contributed by atoms with van der Waals surface area (Å²) in [5.41, 5.74) is 2.82. The third kappa shape index (κ3) is 9.86. The van der Waals surface area contributed by atoms with Crippen molar-refractivity contribution in [3.05, 3.63) is 29.3 Å². The van der Waals surface area contributed by atoms with E-state index in [2.05, 4.69) is 13.0 Å².